The van der Waals surface area contributed by atoms with Gasteiger partial charge in [-0.3, -0.25) is 9.59 Å². The number of likely N-dealkylation sites (N-methyl/N-ethyl adjacent to an activating group) is 1. The molecular weight excluding hydrogens is 473 g/mol. The molecule has 8 nitrogen and oxygen atoms in total. The van der Waals surface area contributed by atoms with Crippen LogP contribution < -0.4 is 15.5 Å². The monoisotopic (exact) mass is 503 g/mol. The van der Waals surface area contributed by atoms with E-state index in [9.17, 15) is 9.59 Å². The second-order valence-electron chi connectivity index (χ2n) is 6.54. The average Bonchev–Trinajstić information content (AvgIpc) is 3.09. The molecule has 1 aliphatic rings. The molecule has 1 fully saturated rings. The van der Waals surface area contributed by atoms with Gasteiger partial charge in [-0.1, -0.05) is 12.1 Å². The molecule has 28 heavy (non-hydrogen) atoms. The number of benzene rings is 1. The number of hydrogen-bond donors (Lipinski definition) is 2. The first kappa shape index (κ1) is 24.2. The highest BCUT2D eigenvalue weighted by atomic mass is 127. The summed E-state index contributed by atoms with van der Waals surface area (Å²) in [6.45, 7) is 2.55. The molecule has 0 bridgehead atoms. The SMILES string of the molecule is COCCNC(=NCc1ccc(N2CCCC2=O)cc1)NCC(=O)N(C)C.I. The highest BCUT2D eigenvalue weighted by Crippen LogP contribution is 2.21. The predicted molar refractivity (Wildman–Crippen MR) is 121 cm³/mol. The van der Waals surface area contributed by atoms with Gasteiger partial charge in [-0.2, -0.15) is 0 Å². The van der Waals surface area contributed by atoms with Gasteiger partial charge in [0.15, 0.2) is 5.96 Å². The summed E-state index contributed by atoms with van der Waals surface area (Å²) in [4.78, 5) is 31.5. The molecule has 0 saturated carbocycles. The van der Waals surface area contributed by atoms with Gasteiger partial charge in [-0.05, 0) is 24.1 Å². The standard InChI is InChI=1S/C19H29N5O3.HI/c1-23(2)18(26)14-22-19(20-10-12-27-3)21-13-15-6-8-16(9-7-15)24-11-4-5-17(24)25;/h6-9H,4-5,10-14H2,1-3H3,(H2,20,21,22);1H. The van der Waals surface area contributed by atoms with Crippen molar-refractivity contribution in [2.75, 3.05) is 52.3 Å². The van der Waals surface area contributed by atoms with Crippen LogP contribution in [0.5, 0.6) is 0 Å². The Morgan fingerprint density at radius 2 is 1.96 bits per heavy atom. The van der Waals surface area contributed by atoms with Gasteiger partial charge in [0.2, 0.25) is 11.8 Å². The van der Waals surface area contributed by atoms with E-state index >= 15 is 0 Å². The summed E-state index contributed by atoms with van der Waals surface area (Å²) in [5, 5.41) is 6.17. The molecular formula is C19H30IN5O3. The quantitative estimate of drug-likeness (QED) is 0.241. The summed E-state index contributed by atoms with van der Waals surface area (Å²) in [6, 6.07) is 7.86. The van der Waals surface area contributed by atoms with E-state index in [-0.39, 0.29) is 42.3 Å². The van der Waals surface area contributed by atoms with Crippen LogP contribution in [0.1, 0.15) is 18.4 Å². The molecule has 0 spiro atoms. The lowest BCUT2D eigenvalue weighted by atomic mass is 10.2. The van der Waals surface area contributed by atoms with Gasteiger partial charge in [0.25, 0.3) is 0 Å². The number of guanidine groups is 1. The van der Waals surface area contributed by atoms with Gasteiger partial charge in [0.05, 0.1) is 19.7 Å². The van der Waals surface area contributed by atoms with Crippen molar-refractivity contribution in [3.63, 3.8) is 0 Å². The topological polar surface area (TPSA) is 86.3 Å². The number of halogens is 1. The van der Waals surface area contributed by atoms with Crippen molar-refractivity contribution in [1.29, 1.82) is 0 Å². The fourth-order valence-corrected chi connectivity index (χ4v) is 2.64. The number of ether oxygens (including phenoxy) is 1. The fraction of sp³-hybridized carbons (Fsp3) is 0.526. The van der Waals surface area contributed by atoms with Crippen LogP contribution in [0.25, 0.3) is 0 Å². The molecule has 2 amide bonds. The number of carbonyl (C=O) groups excluding carboxylic acids is 2. The third-order valence-corrected chi connectivity index (χ3v) is 4.25. The Labute approximate surface area is 183 Å². The van der Waals surface area contributed by atoms with Crippen LogP contribution in [0.4, 0.5) is 5.69 Å². The summed E-state index contributed by atoms with van der Waals surface area (Å²) in [5.41, 5.74) is 1.95. The third-order valence-electron chi connectivity index (χ3n) is 4.25. The van der Waals surface area contributed by atoms with Crippen LogP contribution in [0, 0.1) is 0 Å². The minimum Gasteiger partial charge on any atom is -0.383 e. The molecule has 1 heterocycles. The summed E-state index contributed by atoms with van der Waals surface area (Å²) in [6.07, 6.45) is 1.54. The summed E-state index contributed by atoms with van der Waals surface area (Å²) < 4.78 is 5.04. The number of nitrogens with zero attached hydrogens (tertiary/aromatic N) is 3. The van der Waals surface area contributed by atoms with E-state index in [1.165, 1.54) is 4.90 Å². The van der Waals surface area contributed by atoms with E-state index in [0.29, 0.717) is 32.1 Å². The molecule has 1 aliphatic heterocycles. The number of carbonyl (C=O) groups is 2. The first-order valence-corrected chi connectivity index (χ1v) is 9.12. The highest BCUT2D eigenvalue weighted by Gasteiger charge is 2.21. The maximum Gasteiger partial charge on any atom is 0.241 e. The highest BCUT2D eigenvalue weighted by molar-refractivity contribution is 14.0. The van der Waals surface area contributed by atoms with Crippen LogP contribution in [0.15, 0.2) is 29.3 Å². The number of methoxy groups -OCH3 is 1. The van der Waals surface area contributed by atoms with Crippen molar-refractivity contribution in [1.82, 2.24) is 15.5 Å². The Morgan fingerprint density at radius 3 is 2.54 bits per heavy atom. The maximum atomic E-state index is 11.8. The first-order chi connectivity index (χ1) is 13.0. The Bertz CT molecular complexity index is 664. The number of nitrogens with one attached hydrogen (secondary N) is 2. The van der Waals surface area contributed by atoms with Gasteiger partial charge >= 0.3 is 0 Å². The second kappa shape index (κ2) is 12.6. The van der Waals surface area contributed by atoms with Crippen molar-refractivity contribution in [3.8, 4) is 0 Å². The molecule has 0 aromatic heterocycles. The lowest BCUT2D eigenvalue weighted by molar-refractivity contribution is -0.127. The summed E-state index contributed by atoms with van der Waals surface area (Å²) >= 11 is 0. The van der Waals surface area contributed by atoms with E-state index in [4.69, 9.17) is 4.74 Å². The van der Waals surface area contributed by atoms with Gasteiger partial charge in [-0.25, -0.2) is 4.99 Å². The second-order valence-corrected chi connectivity index (χ2v) is 6.54. The smallest absolute Gasteiger partial charge is 0.241 e. The van der Waals surface area contributed by atoms with Crippen molar-refractivity contribution in [2.45, 2.75) is 19.4 Å². The maximum absolute atomic E-state index is 11.8. The molecule has 2 rings (SSSR count). The van der Waals surface area contributed by atoms with Gasteiger partial charge in [0.1, 0.15) is 0 Å². The number of hydrogen-bond acceptors (Lipinski definition) is 4. The number of aliphatic imine (C=N–C) groups is 1. The molecule has 0 unspecified atom stereocenters. The molecule has 1 aromatic carbocycles. The van der Waals surface area contributed by atoms with Gasteiger partial charge in [-0.15, -0.1) is 24.0 Å². The van der Waals surface area contributed by atoms with Gasteiger partial charge < -0.3 is 25.2 Å². The normalized spacial score (nSPS) is 13.9. The molecule has 0 aliphatic carbocycles. The Morgan fingerprint density at radius 1 is 1.25 bits per heavy atom. The van der Waals surface area contributed by atoms with Crippen molar-refractivity contribution in [3.05, 3.63) is 29.8 Å². The molecule has 1 aromatic rings. The number of amides is 2. The molecule has 156 valence electrons. The van der Waals surface area contributed by atoms with Crippen molar-refractivity contribution >= 4 is 47.4 Å². The Hall–Kier alpha value is -1.88. The molecule has 0 radical (unpaired) electrons. The summed E-state index contributed by atoms with van der Waals surface area (Å²) in [7, 11) is 5.06. The molecule has 9 heteroatoms. The molecule has 0 atom stereocenters. The largest absolute Gasteiger partial charge is 0.383 e. The molecule has 2 N–H and O–H groups in total. The van der Waals surface area contributed by atoms with E-state index in [1.807, 2.05) is 29.2 Å². The zero-order valence-corrected chi connectivity index (χ0v) is 19.1. The zero-order chi connectivity index (χ0) is 19.6. The van der Waals surface area contributed by atoms with E-state index < -0.39 is 0 Å². The van der Waals surface area contributed by atoms with Crippen LogP contribution >= 0.6 is 24.0 Å². The zero-order valence-electron chi connectivity index (χ0n) is 16.7. The van der Waals surface area contributed by atoms with Crippen molar-refractivity contribution in [2.24, 2.45) is 4.99 Å². The van der Waals surface area contributed by atoms with Crippen LogP contribution in [-0.2, 0) is 20.9 Å². The Balaban J connectivity index is 0.00000392. The average molecular weight is 503 g/mol. The van der Waals surface area contributed by atoms with Crippen LogP contribution in [0.2, 0.25) is 0 Å². The lowest BCUT2D eigenvalue weighted by Gasteiger charge is -2.16. The first-order valence-electron chi connectivity index (χ1n) is 9.12. The predicted octanol–water partition coefficient (Wildman–Crippen LogP) is 1.20. The lowest BCUT2D eigenvalue weighted by Crippen LogP contribution is -2.43. The van der Waals surface area contributed by atoms with Crippen LogP contribution in [0.3, 0.4) is 0 Å². The molecule has 1 saturated heterocycles. The third kappa shape index (κ3) is 7.63. The van der Waals surface area contributed by atoms with Crippen molar-refractivity contribution < 1.29 is 14.3 Å². The van der Waals surface area contributed by atoms with Crippen LogP contribution in [-0.4, -0.2) is 70.1 Å². The van der Waals surface area contributed by atoms with E-state index in [2.05, 4.69) is 15.6 Å². The fourth-order valence-electron chi connectivity index (χ4n) is 2.64. The number of rotatable bonds is 8. The minimum absolute atomic E-state index is 0. The number of anilines is 1. The van der Waals surface area contributed by atoms with E-state index in [0.717, 1.165) is 24.2 Å². The van der Waals surface area contributed by atoms with Gasteiger partial charge in [0, 0.05) is 46.4 Å². The summed E-state index contributed by atoms with van der Waals surface area (Å²) in [5.74, 6) is 0.706. The minimum atomic E-state index is -0.0316. The van der Waals surface area contributed by atoms with E-state index in [1.54, 1.807) is 21.2 Å². The Kier molecular flexibility index (Phi) is 10.8.